The van der Waals surface area contributed by atoms with Gasteiger partial charge in [-0.25, -0.2) is 13.8 Å². The van der Waals surface area contributed by atoms with Crippen LogP contribution < -0.4 is 10.2 Å². The van der Waals surface area contributed by atoms with E-state index in [4.69, 9.17) is 4.42 Å². The number of nitrogens with zero attached hydrogens (tertiary/aromatic N) is 1. The van der Waals surface area contributed by atoms with Gasteiger partial charge in [0.2, 0.25) is 0 Å². The Kier molecular flexibility index (Phi) is 5.68. The zero-order valence-corrected chi connectivity index (χ0v) is 17.3. The fourth-order valence-corrected chi connectivity index (χ4v) is 3.39. The van der Waals surface area contributed by atoms with E-state index in [2.05, 4.69) is 15.9 Å². The Morgan fingerprint density at radius 3 is 2.50 bits per heavy atom. The topological polar surface area (TPSA) is 51.2 Å². The van der Waals surface area contributed by atoms with Crippen molar-refractivity contribution in [2.24, 2.45) is 0 Å². The summed E-state index contributed by atoms with van der Waals surface area (Å²) >= 11 is 3.37. The molecule has 4 aromatic rings. The maximum Gasteiger partial charge on any atom is 0.347 e. The summed E-state index contributed by atoms with van der Waals surface area (Å²) in [6, 6.07) is 16.8. The van der Waals surface area contributed by atoms with Crippen molar-refractivity contribution in [3.63, 3.8) is 0 Å². The second kappa shape index (κ2) is 8.55. The van der Waals surface area contributed by atoms with Crippen LogP contribution in [0.3, 0.4) is 0 Å². The Balaban J connectivity index is 1.50. The van der Waals surface area contributed by atoms with Crippen molar-refractivity contribution in [2.75, 3.05) is 0 Å². The second-order valence-electron chi connectivity index (χ2n) is 6.76. The van der Waals surface area contributed by atoms with Crippen LogP contribution >= 0.6 is 15.9 Å². The maximum atomic E-state index is 13.0. The molecule has 0 fully saturated rings. The molecule has 0 amide bonds. The van der Waals surface area contributed by atoms with Gasteiger partial charge in [-0.1, -0.05) is 22.0 Å². The molecule has 0 aliphatic heterocycles. The molecule has 0 aliphatic carbocycles. The van der Waals surface area contributed by atoms with Gasteiger partial charge < -0.3 is 4.42 Å². The van der Waals surface area contributed by atoms with E-state index < -0.39 is 11.4 Å². The highest BCUT2D eigenvalue weighted by molar-refractivity contribution is 9.10. The molecule has 0 radical (unpaired) electrons. The lowest BCUT2D eigenvalue weighted by Gasteiger charge is -2.00. The van der Waals surface area contributed by atoms with E-state index >= 15 is 0 Å². The van der Waals surface area contributed by atoms with Gasteiger partial charge in [-0.15, -0.1) is 0 Å². The number of carbonyl (C=O) groups excluding carboxylic acids is 1. The number of allylic oxidation sites excluding steroid dienone is 1. The van der Waals surface area contributed by atoms with Crippen LogP contribution in [0, 0.1) is 5.82 Å². The summed E-state index contributed by atoms with van der Waals surface area (Å²) in [5, 5.41) is 0.669. The third kappa shape index (κ3) is 4.60. The Morgan fingerprint density at radius 1 is 1.03 bits per heavy atom. The average Bonchev–Trinajstić information content (AvgIpc) is 2.74. The molecule has 4 nitrogen and oxygen atoms in total. The van der Waals surface area contributed by atoms with Gasteiger partial charge in [0.1, 0.15) is 17.0 Å². The number of ketones is 1. The van der Waals surface area contributed by atoms with Crippen LogP contribution in [0.4, 0.5) is 4.39 Å². The number of aromatic nitrogens is 1. The number of hydrogen-bond acceptors (Lipinski definition) is 3. The molecule has 2 heterocycles. The Labute approximate surface area is 180 Å². The Bertz CT molecular complexity index is 1310. The SMILES string of the molecule is O=C(/C=C/c1cc[n+](Cc2ccc(F)cc2)cc1)c1cc2cc(Br)ccc2oc1=O. The van der Waals surface area contributed by atoms with Crippen molar-refractivity contribution in [3.05, 3.63) is 117 Å². The minimum atomic E-state index is -0.662. The number of rotatable bonds is 5. The summed E-state index contributed by atoms with van der Waals surface area (Å²) in [7, 11) is 0. The monoisotopic (exact) mass is 464 g/mol. The minimum absolute atomic E-state index is 0.0147. The Hall–Kier alpha value is -3.38. The van der Waals surface area contributed by atoms with E-state index in [-0.39, 0.29) is 11.4 Å². The number of hydrogen-bond donors (Lipinski definition) is 0. The quantitative estimate of drug-likeness (QED) is 0.182. The predicted octanol–water partition coefficient (Wildman–Crippen LogP) is 4.93. The van der Waals surface area contributed by atoms with Crippen molar-refractivity contribution in [1.29, 1.82) is 0 Å². The van der Waals surface area contributed by atoms with Gasteiger partial charge in [-0.05, 0) is 60.2 Å². The molecule has 30 heavy (non-hydrogen) atoms. The number of carbonyl (C=O) groups is 1. The van der Waals surface area contributed by atoms with E-state index in [0.717, 1.165) is 15.6 Å². The van der Waals surface area contributed by atoms with E-state index in [1.807, 2.05) is 29.1 Å². The summed E-state index contributed by atoms with van der Waals surface area (Å²) < 4.78 is 21.0. The zero-order chi connectivity index (χ0) is 21.1. The van der Waals surface area contributed by atoms with E-state index in [9.17, 15) is 14.0 Å². The highest BCUT2D eigenvalue weighted by Gasteiger charge is 2.11. The second-order valence-corrected chi connectivity index (χ2v) is 7.67. The van der Waals surface area contributed by atoms with E-state index in [0.29, 0.717) is 17.5 Å². The molecule has 4 rings (SSSR count). The van der Waals surface area contributed by atoms with Crippen LogP contribution in [0.2, 0.25) is 0 Å². The molecule has 0 spiro atoms. The maximum absolute atomic E-state index is 13.0. The summed E-state index contributed by atoms with van der Waals surface area (Å²) in [6.07, 6.45) is 6.75. The van der Waals surface area contributed by atoms with Crippen LogP contribution in [0.5, 0.6) is 0 Å². The first-order valence-corrected chi connectivity index (χ1v) is 9.97. The smallest absolute Gasteiger partial charge is 0.347 e. The first-order valence-electron chi connectivity index (χ1n) is 9.17. The van der Waals surface area contributed by atoms with Crippen molar-refractivity contribution >= 4 is 38.8 Å². The molecule has 0 N–H and O–H groups in total. The summed E-state index contributed by atoms with van der Waals surface area (Å²) in [5.74, 6) is -0.685. The van der Waals surface area contributed by atoms with Gasteiger partial charge in [0, 0.05) is 27.6 Å². The molecule has 2 aromatic heterocycles. The summed E-state index contributed by atoms with van der Waals surface area (Å²) in [5.41, 5.74) is 1.54. The van der Waals surface area contributed by atoms with Crippen molar-refractivity contribution in [3.8, 4) is 0 Å². The lowest BCUT2D eigenvalue weighted by atomic mass is 10.1. The third-order valence-corrected chi connectivity index (χ3v) is 5.08. The third-order valence-electron chi connectivity index (χ3n) is 4.58. The Morgan fingerprint density at radius 2 is 1.77 bits per heavy atom. The molecule has 0 saturated heterocycles. The van der Waals surface area contributed by atoms with Gasteiger partial charge >= 0.3 is 5.63 Å². The largest absolute Gasteiger partial charge is 0.422 e. The van der Waals surface area contributed by atoms with Crippen LogP contribution in [-0.2, 0) is 6.54 Å². The molecule has 148 valence electrons. The molecule has 0 saturated carbocycles. The zero-order valence-electron chi connectivity index (χ0n) is 15.7. The molecular weight excluding hydrogens is 449 g/mol. The molecule has 0 atom stereocenters. The van der Waals surface area contributed by atoms with Crippen LogP contribution in [0.25, 0.3) is 17.0 Å². The van der Waals surface area contributed by atoms with Crippen molar-refractivity contribution in [1.82, 2.24) is 0 Å². The molecule has 2 aromatic carbocycles. The lowest BCUT2D eigenvalue weighted by Crippen LogP contribution is -2.33. The molecule has 0 unspecified atom stereocenters. The minimum Gasteiger partial charge on any atom is -0.422 e. The van der Waals surface area contributed by atoms with Crippen molar-refractivity contribution < 1.29 is 18.2 Å². The number of halogens is 2. The van der Waals surface area contributed by atoms with Gasteiger partial charge in [0.15, 0.2) is 24.7 Å². The van der Waals surface area contributed by atoms with Gasteiger partial charge in [0.05, 0.1) is 0 Å². The van der Waals surface area contributed by atoms with Crippen molar-refractivity contribution in [2.45, 2.75) is 6.54 Å². The van der Waals surface area contributed by atoms with Crippen LogP contribution in [0.1, 0.15) is 21.5 Å². The number of pyridine rings is 1. The van der Waals surface area contributed by atoms with Crippen LogP contribution in [0.15, 0.2) is 92.8 Å². The number of fused-ring (bicyclic) bond motifs is 1. The molecule has 0 bridgehead atoms. The fourth-order valence-electron chi connectivity index (χ4n) is 3.01. The molecular formula is C24H16BrFNO3+. The normalized spacial score (nSPS) is 11.3. The lowest BCUT2D eigenvalue weighted by molar-refractivity contribution is -0.688. The standard InChI is InChI=1S/C24H16BrFNO3/c25-19-4-8-23-18(13-19)14-21(24(29)30-23)22(28)7-3-16-9-11-27(12-10-16)15-17-1-5-20(26)6-2-17/h1-14H,15H2/q+1/b7-3+. The highest BCUT2D eigenvalue weighted by atomic mass is 79.9. The number of benzene rings is 2. The molecule has 0 aliphatic rings. The average molecular weight is 465 g/mol. The van der Waals surface area contributed by atoms with E-state index in [1.165, 1.54) is 18.2 Å². The summed E-state index contributed by atoms with van der Waals surface area (Å²) in [4.78, 5) is 24.7. The summed E-state index contributed by atoms with van der Waals surface area (Å²) in [6.45, 7) is 0.608. The predicted molar refractivity (Wildman–Crippen MR) is 116 cm³/mol. The van der Waals surface area contributed by atoms with Crippen LogP contribution in [-0.4, -0.2) is 5.78 Å². The fraction of sp³-hybridized carbons (Fsp3) is 0.0417. The van der Waals surface area contributed by atoms with E-state index in [1.54, 1.807) is 42.5 Å². The first-order chi connectivity index (χ1) is 14.5. The molecule has 6 heteroatoms. The van der Waals surface area contributed by atoms with Gasteiger partial charge in [0.25, 0.3) is 0 Å². The van der Waals surface area contributed by atoms with Gasteiger partial charge in [-0.2, -0.15) is 0 Å². The van der Waals surface area contributed by atoms with Gasteiger partial charge in [-0.3, -0.25) is 4.79 Å². The highest BCUT2D eigenvalue weighted by Crippen LogP contribution is 2.19. The first kappa shape index (κ1) is 19.9.